The molecule has 2 aliphatic rings. The van der Waals surface area contributed by atoms with Crippen LogP contribution in [0, 0.1) is 0 Å². The Morgan fingerprint density at radius 3 is 2.07 bits per heavy atom. The van der Waals surface area contributed by atoms with Gasteiger partial charge in [0.1, 0.15) is 0 Å². The third-order valence-corrected chi connectivity index (χ3v) is 8.27. The van der Waals surface area contributed by atoms with E-state index >= 15 is 0 Å². The molecule has 146 valence electrons. The van der Waals surface area contributed by atoms with E-state index in [1.807, 2.05) is 0 Å². The second kappa shape index (κ2) is 9.38. The minimum atomic E-state index is -0.611. The quantitative estimate of drug-likeness (QED) is 0.464. The third-order valence-electron chi connectivity index (χ3n) is 5.69. The Bertz CT molecular complexity index is 948. The normalized spacial score (nSPS) is 20.4. The van der Waals surface area contributed by atoms with E-state index in [0.717, 1.165) is 25.7 Å². The highest BCUT2D eigenvalue weighted by molar-refractivity contribution is 7.77. The molecule has 0 saturated carbocycles. The van der Waals surface area contributed by atoms with Gasteiger partial charge >= 0.3 is 0 Å². The van der Waals surface area contributed by atoms with Crippen LogP contribution in [0.5, 0.6) is 0 Å². The zero-order valence-electron chi connectivity index (χ0n) is 17.3. The molecular formula is C28H29P. The second-order valence-corrected chi connectivity index (χ2v) is 9.98. The predicted octanol–water partition coefficient (Wildman–Crippen LogP) is 7.34. The van der Waals surface area contributed by atoms with Gasteiger partial charge in [-0.05, 0) is 66.2 Å². The van der Waals surface area contributed by atoms with Crippen LogP contribution < -0.4 is 10.6 Å². The Hall–Kier alpha value is -2.43. The summed E-state index contributed by atoms with van der Waals surface area (Å²) < 4.78 is 0. The van der Waals surface area contributed by atoms with Crippen LogP contribution in [0.1, 0.15) is 39.0 Å². The molecule has 2 aromatic rings. The lowest BCUT2D eigenvalue weighted by molar-refractivity contribution is 0.855. The molecule has 0 unspecified atom stereocenters. The molecule has 2 bridgehead atoms. The molecular weight excluding hydrogens is 367 g/mol. The molecule has 0 spiro atoms. The largest absolute Gasteiger partial charge is 0.0952 e. The fourth-order valence-corrected chi connectivity index (χ4v) is 6.59. The van der Waals surface area contributed by atoms with Crippen LogP contribution in [-0.4, -0.2) is 0 Å². The maximum atomic E-state index is 4.55. The van der Waals surface area contributed by atoms with Crippen LogP contribution in [0.3, 0.4) is 0 Å². The monoisotopic (exact) mass is 396 g/mol. The van der Waals surface area contributed by atoms with Gasteiger partial charge in [0, 0.05) is 0 Å². The summed E-state index contributed by atoms with van der Waals surface area (Å²) in [5.74, 6) is 0. The lowest BCUT2D eigenvalue weighted by Crippen LogP contribution is -2.13. The zero-order chi connectivity index (χ0) is 20.1. The van der Waals surface area contributed by atoms with Gasteiger partial charge in [0.05, 0.1) is 0 Å². The standard InChI is InChI=1S/C28H29P/c1-3-10-24-18-17-23-16-15-22(2)28(20-19-25(24)21-23)29(26-11-6-4-7-12-26)27-13-8-5-9-14-27/h4-9,11-14,17-20H,2-3,10,15-16,21H2,1H3/b25-19+,28-20+. The summed E-state index contributed by atoms with van der Waals surface area (Å²) in [6.45, 7) is 6.82. The van der Waals surface area contributed by atoms with Crippen molar-refractivity contribution < 1.29 is 0 Å². The van der Waals surface area contributed by atoms with Gasteiger partial charge in [-0.3, -0.25) is 0 Å². The van der Waals surface area contributed by atoms with E-state index in [0.29, 0.717) is 0 Å². The first-order chi connectivity index (χ1) is 14.3. The van der Waals surface area contributed by atoms with E-state index in [1.165, 1.54) is 44.6 Å². The van der Waals surface area contributed by atoms with Crippen molar-refractivity contribution in [3.8, 4) is 0 Å². The minimum Gasteiger partial charge on any atom is -0.0952 e. The smallest absolute Gasteiger partial charge is 0.00611 e. The van der Waals surface area contributed by atoms with Gasteiger partial charge in [0.2, 0.25) is 0 Å². The molecule has 0 aromatic heterocycles. The van der Waals surface area contributed by atoms with Crippen molar-refractivity contribution in [3.63, 3.8) is 0 Å². The Morgan fingerprint density at radius 1 is 0.793 bits per heavy atom. The summed E-state index contributed by atoms with van der Waals surface area (Å²) in [6.07, 6.45) is 15.1. The second-order valence-electron chi connectivity index (χ2n) is 7.80. The summed E-state index contributed by atoms with van der Waals surface area (Å²) in [7, 11) is -0.611. The molecule has 0 amide bonds. The van der Waals surface area contributed by atoms with Crippen molar-refractivity contribution in [2.45, 2.75) is 39.0 Å². The van der Waals surface area contributed by atoms with E-state index < -0.39 is 7.92 Å². The molecule has 2 aromatic carbocycles. The molecule has 0 aliphatic heterocycles. The van der Waals surface area contributed by atoms with Gasteiger partial charge < -0.3 is 0 Å². The number of benzene rings is 2. The molecule has 2 aliphatic carbocycles. The fourth-order valence-electron chi connectivity index (χ4n) is 4.14. The van der Waals surface area contributed by atoms with Crippen LogP contribution in [0.15, 0.2) is 119 Å². The van der Waals surface area contributed by atoms with Gasteiger partial charge in [-0.15, -0.1) is 0 Å². The molecule has 0 N–H and O–H groups in total. The summed E-state index contributed by atoms with van der Waals surface area (Å²) in [5.41, 5.74) is 5.82. The molecule has 0 nitrogen and oxygen atoms in total. The first-order valence-electron chi connectivity index (χ1n) is 10.6. The van der Waals surface area contributed by atoms with Crippen LogP contribution in [0.25, 0.3) is 0 Å². The van der Waals surface area contributed by atoms with Gasteiger partial charge in [0.25, 0.3) is 0 Å². The summed E-state index contributed by atoms with van der Waals surface area (Å²) in [6, 6.07) is 21.9. The Kier molecular flexibility index (Phi) is 6.43. The van der Waals surface area contributed by atoms with Gasteiger partial charge in [0.15, 0.2) is 0 Å². The number of hydrogen-bond acceptors (Lipinski definition) is 0. The van der Waals surface area contributed by atoms with E-state index in [4.69, 9.17) is 0 Å². The summed E-state index contributed by atoms with van der Waals surface area (Å²) >= 11 is 0. The lowest BCUT2D eigenvalue weighted by Gasteiger charge is -2.23. The van der Waals surface area contributed by atoms with Crippen molar-refractivity contribution in [1.82, 2.24) is 0 Å². The molecule has 0 saturated heterocycles. The third kappa shape index (κ3) is 4.60. The lowest BCUT2D eigenvalue weighted by atomic mass is 9.88. The van der Waals surface area contributed by atoms with E-state index in [1.54, 1.807) is 0 Å². The Balaban J connectivity index is 1.82. The van der Waals surface area contributed by atoms with Gasteiger partial charge in [-0.1, -0.05) is 110 Å². The van der Waals surface area contributed by atoms with Crippen molar-refractivity contribution in [1.29, 1.82) is 0 Å². The SMILES string of the molecule is C=C1CCC2=CC=C(CCC)/C(=C/C=C\1P(c1ccccc1)c1ccccc1)C2. The van der Waals surface area contributed by atoms with E-state index in [2.05, 4.69) is 98.5 Å². The highest BCUT2D eigenvalue weighted by atomic mass is 31.1. The molecule has 1 heteroatoms. The maximum absolute atomic E-state index is 4.55. The molecule has 0 radical (unpaired) electrons. The first-order valence-corrected chi connectivity index (χ1v) is 12.0. The van der Waals surface area contributed by atoms with Crippen LogP contribution in [0.2, 0.25) is 0 Å². The Labute approximate surface area is 176 Å². The van der Waals surface area contributed by atoms with Crippen molar-refractivity contribution in [3.05, 3.63) is 119 Å². The average Bonchev–Trinajstić information content (AvgIpc) is 2.82. The molecule has 4 rings (SSSR count). The molecule has 0 fully saturated rings. The van der Waals surface area contributed by atoms with E-state index in [-0.39, 0.29) is 0 Å². The minimum absolute atomic E-state index is 0.611. The van der Waals surface area contributed by atoms with Gasteiger partial charge in [-0.2, -0.15) is 0 Å². The topological polar surface area (TPSA) is 0 Å². The average molecular weight is 397 g/mol. The van der Waals surface area contributed by atoms with Crippen molar-refractivity contribution >= 4 is 18.5 Å². The summed E-state index contributed by atoms with van der Waals surface area (Å²) in [5, 5.41) is 4.20. The fraction of sp³-hybridized carbons (Fsp3) is 0.214. The molecule has 0 heterocycles. The van der Waals surface area contributed by atoms with Crippen LogP contribution in [0.4, 0.5) is 0 Å². The number of allylic oxidation sites excluding steroid dienone is 9. The highest BCUT2D eigenvalue weighted by Gasteiger charge is 2.22. The van der Waals surface area contributed by atoms with Crippen LogP contribution in [-0.2, 0) is 0 Å². The maximum Gasteiger partial charge on any atom is -0.00611 e. The highest BCUT2D eigenvalue weighted by Crippen LogP contribution is 2.48. The van der Waals surface area contributed by atoms with Crippen molar-refractivity contribution in [2.75, 3.05) is 0 Å². The Morgan fingerprint density at radius 2 is 1.45 bits per heavy atom. The molecule has 0 atom stereocenters. The zero-order valence-corrected chi connectivity index (χ0v) is 18.2. The van der Waals surface area contributed by atoms with Crippen molar-refractivity contribution in [2.24, 2.45) is 0 Å². The number of hydrogen-bond donors (Lipinski definition) is 0. The number of rotatable bonds is 5. The number of fused-ring (bicyclic) bond motifs is 2. The molecule has 29 heavy (non-hydrogen) atoms. The predicted molar refractivity (Wildman–Crippen MR) is 129 cm³/mol. The summed E-state index contributed by atoms with van der Waals surface area (Å²) in [4.78, 5) is 0. The first kappa shape index (κ1) is 19.9. The van der Waals surface area contributed by atoms with E-state index in [9.17, 15) is 0 Å². The van der Waals surface area contributed by atoms with Crippen LogP contribution >= 0.6 is 7.92 Å². The van der Waals surface area contributed by atoms with Gasteiger partial charge in [-0.25, -0.2) is 0 Å².